The highest BCUT2D eigenvalue weighted by Crippen LogP contribution is 2.11. The lowest BCUT2D eigenvalue weighted by Gasteiger charge is -2.34. The fourth-order valence-corrected chi connectivity index (χ4v) is 2.96. The van der Waals surface area contributed by atoms with Crippen LogP contribution in [0.2, 0.25) is 0 Å². The van der Waals surface area contributed by atoms with E-state index < -0.39 is 0 Å². The third kappa shape index (κ3) is 6.14. The first kappa shape index (κ1) is 18.1. The smallest absolute Gasteiger partial charge is 0.234 e. The van der Waals surface area contributed by atoms with E-state index in [2.05, 4.69) is 22.5 Å². The Morgan fingerprint density at radius 1 is 1.38 bits per heavy atom. The van der Waals surface area contributed by atoms with E-state index in [1.807, 2.05) is 13.8 Å². The lowest BCUT2D eigenvalue weighted by Crippen LogP contribution is -2.52. The quantitative estimate of drug-likeness (QED) is 0.706. The van der Waals surface area contributed by atoms with Gasteiger partial charge in [-0.3, -0.25) is 14.5 Å². The van der Waals surface area contributed by atoms with Crippen molar-refractivity contribution in [3.8, 4) is 0 Å². The maximum atomic E-state index is 12.3. The van der Waals surface area contributed by atoms with Crippen LogP contribution in [-0.2, 0) is 9.59 Å². The SMILES string of the molecule is CCCN(CC(=O)NC(C(C)=O)C(C)C)C1CCCNC1. The maximum absolute atomic E-state index is 12.3. The summed E-state index contributed by atoms with van der Waals surface area (Å²) in [6, 6.07) is 0.0599. The van der Waals surface area contributed by atoms with Gasteiger partial charge in [0.25, 0.3) is 0 Å². The zero-order valence-electron chi connectivity index (χ0n) is 13.9. The van der Waals surface area contributed by atoms with Crippen LogP contribution < -0.4 is 10.6 Å². The van der Waals surface area contributed by atoms with Crippen LogP contribution in [0.25, 0.3) is 0 Å². The van der Waals surface area contributed by atoms with E-state index in [0.717, 1.165) is 38.9 Å². The van der Waals surface area contributed by atoms with Crippen LogP contribution in [0.4, 0.5) is 0 Å². The summed E-state index contributed by atoms with van der Waals surface area (Å²) >= 11 is 0. The van der Waals surface area contributed by atoms with E-state index in [9.17, 15) is 9.59 Å². The summed E-state index contributed by atoms with van der Waals surface area (Å²) in [5.74, 6) is 0.116. The zero-order valence-corrected chi connectivity index (χ0v) is 13.9. The van der Waals surface area contributed by atoms with E-state index in [-0.39, 0.29) is 23.7 Å². The fourth-order valence-electron chi connectivity index (χ4n) is 2.96. The Kier molecular flexibility index (Phi) is 7.89. The van der Waals surface area contributed by atoms with E-state index in [1.165, 1.54) is 0 Å². The molecule has 1 fully saturated rings. The van der Waals surface area contributed by atoms with Crippen molar-refractivity contribution < 1.29 is 9.59 Å². The number of carbonyl (C=O) groups is 2. The predicted molar refractivity (Wildman–Crippen MR) is 85.2 cm³/mol. The Balaban J connectivity index is 2.56. The molecule has 0 bridgehead atoms. The van der Waals surface area contributed by atoms with Crippen molar-refractivity contribution in [2.75, 3.05) is 26.2 Å². The summed E-state index contributed by atoms with van der Waals surface area (Å²) in [5.41, 5.74) is 0. The van der Waals surface area contributed by atoms with Gasteiger partial charge in [0.2, 0.25) is 5.91 Å². The minimum Gasteiger partial charge on any atom is -0.345 e. The molecule has 0 spiro atoms. The predicted octanol–water partition coefficient (Wildman–Crippen LogP) is 1.18. The first-order valence-corrected chi connectivity index (χ1v) is 8.20. The van der Waals surface area contributed by atoms with Crippen LogP contribution in [0.5, 0.6) is 0 Å². The van der Waals surface area contributed by atoms with Crippen LogP contribution in [0.1, 0.15) is 47.0 Å². The number of carbonyl (C=O) groups excluding carboxylic acids is 2. The molecule has 1 aliphatic heterocycles. The molecule has 5 heteroatoms. The molecule has 1 heterocycles. The normalized spacial score (nSPS) is 20.6. The average Bonchev–Trinajstić information content (AvgIpc) is 2.44. The van der Waals surface area contributed by atoms with E-state index >= 15 is 0 Å². The number of Topliss-reactive ketones (excluding diaryl/α,β-unsaturated/α-hetero) is 1. The van der Waals surface area contributed by atoms with Crippen LogP contribution >= 0.6 is 0 Å². The fraction of sp³-hybridized carbons (Fsp3) is 0.875. The summed E-state index contributed by atoms with van der Waals surface area (Å²) < 4.78 is 0. The zero-order chi connectivity index (χ0) is 15.8. The van der Waals surface area contributed by atoms with Crippen molar-refractivity contribution in [2.24, 2.45) is 5.92 Å². The highest BCUT2D eigenvalue weighted by Gasteiger charge is 2.25. The number of nitrogens with zero attached hydrogens (tertiary/aromatic N) is 1. The van der Waals surface area contributed by atoms with Crippen molar-refractivity contribution in [1.82, 2.24) is 15.5 Å². The first-order chi connectivity index (χ1) is 9.95. The van der Waals surface area contributed by atoms with Gasteiger partial charge in [-0.25, -0.2) is 0 Å². The molecule has 1 saturated heterocycles. The van der Waals surface area contributed by atoms with Crippen molar-refractivity contribution in [1.29, 1.82) is 0 Å². The Labute approximate surface area is 128 Å². The minimum atomic E-state index is -0.370. The Bertz CT molecular complexity index is 338. The minimum absolute atomic E-state index is 0.0275. The first-order valence-electron chi connectivity index (χ1n) is 8.20. The molecule has 0 aliphatic carbocycles. The molecule has 2 N–H and O–H groups in total. The van der Waals surface area contributed by atoms with Gasteiger partial charge < -0.3 is 10.6 Å². The lowest BCUT2D eigenvalue weighted by molar-refractivity contribution is -0.128. The second-order valence-electron chi connectivity index (χ2n) is 6.37. The number of piperidine rings is 1. The molecule has 0 aromatic rings. The molecule has 2 atom stereocenters. The van der Waals surface area contributed by atoms with Crippen molar-refractivity contribution >= 4 is 11.7 Å². The largest absolute Gasteiger partial charge is 0.345 e. The van der Waals surface area contributed by atoms with Crippen LogP contribution in [0.15, 0.2) is 0 Å². The summed E-state index contributed by atoms with van der Waals surface area (Å²) in [6.45, 7) is 10.9. The molecule has 0 aromatic carbocycles. The van der Waals surface area contributed by atoms with Gasteiger partial charge in [-0.15, -0.1) is 0 Å². The summed E-state index contributed by atoms with van der Waals surface area (Å²) in [5, 5.41) is 6.29. The second kappa shape index (κ2) is 9.15. The molecule has 1 aliphatic rings. The van der Waals surface area contributed by atoms with Gasteiger partial charge in [0.1, 0.15) is 0 Å². The number of hydrogen-bond acceptors (Lipinski definition) is 4. The van der Waals surface area contributed by atoms with Crippen LogP contribution in [0.3, 0.4) is 0 Å². The van der Waals surface area contributed by atoms with Gasteiger partial charge in [-0.2, -0.15) is 0 Å². The molecular formula is C16H31N3O2. The van der Waals surface area contributed by atoms with E-state index in [4.69, 9.17) is 0 Å². The molecule has 5 nitrogen and oxygen atoms in total. The second-order valence-corrected chi connectivity index (χ2v) is 6.37. The van der Waals surface area contributed by atoms with Crippen LogP contribution in [0, 0.1) is 5.92 Å². The van der Waals surface area contributed by atoms with E-state index in [1.54, 1.807) is 6.92 Å². The summed E-state index contributed by atoms with van der Waals surface area (Å²) in [4.78, 5) is 26.1. The summed E-state index contributed by atoms with van der Waals surface area (Å²) in [6.07, 6.45) is 3.33. The molecule has 1 amide bonds. The van der Waals surface area contributed by atoms with Gasteiger partial charge in [-0.1, -0.05) is 20.8 Å². The Morgan fingerprint density at radius 2 is 2.10 bits per heavy atom. The van der Waals surface area contributed by atoms with Crippen molar-refractivity contribution in [3.63, 3.8) is 0 Å². The molecule has 0 saturated carbocycles. The standard InChI is InChI=1S/C16H31N3O2/c1-5-9-19(14-7-6-8-17-10-14)11-15(21)18-16(12(2)3)13(4)20/h12,14,16-17H,5-11H2,1-4H3,(H,18,21). The van der Waals surface area contributed by atoms with Gasteiger partial charge in [0.15, 0.2) is 5.78 Å². The van der Waals surface area contributed by atoms with Gasteiger partial charge >= 0.3 is 0 Å². The monoisotopic (exact) mass is 297 g/mol. The van der Waals surface area contributed by atoms with E-state index in [0.29, 0.717) is 12.6 Å². The molecule has 122 valence electrons. The highest BCUT2D eigenvalue weighted by molar-refractivity contribution is 5.88. The Morgan fingerprint density at radius 3 is 2.57 bits per heavy atom. The van der Waals surface area contributed by atoms with Gasteiger partial charge in [0.05, 0.1) is 12.6 Å². The average molecular weight is 297 g/mol. The van der Waals surface area contributed by atoms with Gasteiger partial charge in [-0.05, 0) is 45.2 Å². The molecule has 0 aromatic heterocycles. The third-order valence-electron chi connectivity index (χ3n) is 4.07. The molecular weight excluding hydrogens is 266 g/mol. The molecule has 0 radical (unpaired) electrons. The lowest BCUT2D eigenvalue weighted by atomic mass is 10.0. The number of amides is 1. The van der Waals surface area contributed by atoms with Crippen molar-refractivity contribution in [2.45, 2.75) is 59.0 Å². The van der Waals surface area contributed by atoms with Crippen molar-refractivity contribution in [3.05, 3.63) is 0 Å². The van der Waals surface area contributed by atoms with Crippen LogP contribution in [-0.4, -0.2) is 54.9 Å². The number of ketones is 1. The topological polar surface area (TPSA) is 61.4 Å². The maximum Gasteiger partial charge on any atom is 0.234 e. The third-order valence-corrected chi connectivity index (χ3v) is 4.07. The number of nitrogens with one attached hydrogen (secondary N) is 2. The highest BCUT2D eigenvalue weighted by atomic mass is 16.2. The molecule has 2 unspecified atom stereocenters. The summed E-state index contributed by atoms with van der Waals surface area (Å²) in [7, 11) is 0. The Hall–Kier alpha value is -0.940. The number of rotatable bonds is 8. The number of hydrogen-bond donors (Lipinski definition) is 2. The molecule has 1 rings (SSSR count). The van der Waals surface area contributed by atoms with Gasteiger partial charge in [0, 0.05) is 12.6 Å². The molecule has 21 heavy (non-hydrogen) atoms.